The number of para-hydroxylation sites is 2. The first-order chi connectivity index (χ1) is 26.9. The second kappa shape index (κ2) is 11.7. The normalized spacial score (nSPS) is 13.0. The van der Waals surface area contributed by atoms with Crippen molar-refractivity contribution in [2.45, 2.75) is 0 Å². The lowest BCUT2D eigenvalue weighted by Crippen LogP contribution is -1.96. The lowest BCUT2D eigenvalue weighted by atomic mass is 9.99. The summed E-state index contributed by atoms with van der Waals surface area (Å²) in [5.41, 5.74) is 8.44. The van der Waals surface area contributed by atoms with Crippen LogP contribution < -0.4 is 0 Å². The van der Waals surface area contributed by atoms with Crippen molar-refractivity contribution < 1.29 is 6.85 Å². The summed E-state index contributed by atoms with van der Waals surface area (Å²) in [5, 5.41) is 4.08. The van der Waals surface area contributed by atoms with Crippen molar-refractivity contribution in [2.75, 3.05) is 0 Å². The molecule has 0 atom stereocenters. The van der Waals surface area contributed by atoms with E-state index in [4.69, 9.17) is 16.8 Å². The Bertz CT molecular complexity index is 3070. The summed E-state index contributed by atoms with van der Waals surface area (Å²) in [7, 11) is 0. The Balaban J connectivity index is 1.16. The van der Waals surface area contributed by atoms with Gasteiger partial charge in [0.15, 0.2) is 5.82 Å². The van der Waals surface area contributed by atoms with Gasteiger partial charge in [0.25, 0.3) is 0 Å². The molecule has 0 saturated heterocycles. The van der Waals surface area contributed by atoms with Gasteiger partial charge in [-0.3, -0.25) is 0 Å². The van der Waals surface area contributed by atoms with E-state index in [1.807, 2.05) is 72.8 Å². The third-order valence-electron chi connectivity index (χ3n) is 9.32. The van der Waals surface area contributed by atoms with Crippen LogP contribution in [0.15, 0.2) is 176 Å². The zero-order valence-electron chi connectivity index (χ0n) is 31.6. The number of rotatable bonds is 5. The Morgan fingerprint density at radius 3 is 1.86 bits per heavy atom. The van der Waals surface area contributed by atoms with Crippen molar-refractivity contribution in [3.63, 3.8) is 0 Å². The van der Waals surface area contributed by atoms with Crippen molar-refractivity contribution in [3.05, 3.63) is 176 Å². The molecule has 0 fully saturated rings. The maximum absolute atomic E-state index is 8.76. The van der Waals surface area contributed by atoms with E-state index in [0.717, 1.165) is 81.2 Å². The van der Waals surface area contributed by atoms with Crippen LogP contribution in [0.2, 0.25) is 0 Å². The first-order valence-electron chi connectivity index (χ1n) is 18.9. The molecule has 0 unspecified atom stereocenters. The molecule has 0 amide bonds. The summed E-state index contributed by atoms with van der Waals surface area (Å²) >= 11 is 1.75. The fourth-order valence-corrected chi connectivity index (χ4v) is 8.14. The lowest BCUT2D eigenvalue weighted by Gasteiger charge is -2.11. The Kier molecular flexibility index (Phi) is 5.57. The van der Waals surface area contributed by atoms with Gasteiger partial charge < -0.3 is 4.57 Å². The molecule has 0 aliphatic carbocycles. The van der Waals surface area contributed by atoms with Crippen LogP contribution in [0.5, 0.6) is 0 Å². The van der Waals surface area contributed by atoms with Crippen LogP contribution in [-0.4, -0.2) is 14.5 Å². The molecule has 3 heterocycles. The smallest absolute Gasteiger partial charge is 0.161 e. The molecule has 0 radical (unpaired) electrons. The Morgan fingerprint density at radius 1 is 0.480 bits per heavy atom. The number of benzene rings is 7. The van der Waals surface area contributed by atoms with Crippen LogP contribution in [-0.2, 0) is 0 Å². The van der Waals surface area contributed by atoms with Crippen LogP contribution in [0.4, 0.5) is 0 Å². The predicted octanol–water partition coefficient (Wildman–Crippen LogP) is 12.6. The average molecular weight is 661 g/mol. The Hall–Kier alpha value is -6.36. The summed E-state index contributed by atoms with van der Waals surface area (Å²) in [4.78, 5) is 10.3. The standard InChI is InChI=1S/C46H29N3S/c1-4-13-30(14-5-1)39-29-40(31-15-6-2-7-16-31)48-46(47-39)36-20-12-22-44-45(36)38-28-33(24-26-43(38)50-44)32-23-25-42-37(27-32)35-19-10-11-21-41(35)49(42)34-17-8-3-9-18-34/h1-29H/i3D,8D,9D,17D,18D. The van der Waals surface area contributed by atoms with Crippen LogP contribution >= 0.6 is 11.3 Å². The molecule has 0 N–H and O–H groups in total. The SMILES string of the molecule is [2H]c1c([2H])c([2H])c(-n2c3ccccc3c3cc(-c4ccc5sc6cccc(-c7nc(-c8ccccc8)cc(-c8ccccc8)n7)c6c5c4)ccc32)c([2H])c1[2H]. The maximum Gasteiger partial charge on any atom is 0.161 e. The van der Waals surface area contributed by atoms with Crippen molar-refractivity contribution in [2.24, 2.45) is 0 Å². The molecule has 0 aliphatic rings. The van der Waals surface area contributed by atoms with E-state index in [1.54, 1.807) is 15.9 Å². The molecule has 0 aliphatic heterocycles. The highest BCUT2D eigenvalue weighted by molar-refractivity contribution is 7.26. The van der Waals surface area contributed by atoms with E-state index < -0.39 is 6.04 Å². The van der Waals surface area contributed by atoms with Gasteiger partial charge in [0.05, 0.1) is 29.3 Å². The zero-order chi connectivity index (χ0) is 37.4. The fraction of sp³-hybridized carbons (Fsp3) is 0. The first kappa shape index (κ1) is 23.9. The summed E-state index contributed by atoms with van der Waals surface area (Å²) < 4.78 is 46.5. The molecule has 50 heavy (non-hydrogen) atoms. The third-order valence-corrected chi connectivity index (χ3v) is 10.5. The number of fused-ring (bicyclic) bond motifs is 6. The topological polar surface area (TPSA) is 30.7 Å². The van der Waals surface area contributed by atoms with E-state index in [0.29, 0.717) is 5.82 Å². The lowest BCUT2D eigenvalue weighted by molar-refractivity contribution is 1.18. The third kappa shape index (κ3) is 4.73. The number of hydrogen-bond acceptors (Lipinski definition) is 3. The molecule has 0 spiro atoms. The molecule has 10 rings (SSSR count). The molecule has 3 nitrogen and oxygen atoms in total. The molecule has 4 heteroatoms. The molecule has 10 aromatic rings. The van der Waals surface area contributed by atoms with Crippen LogP contribution in [0, 0.1) is 0 Å². The summed E-state index contributed by atoms with van der Waals surface area (Å²) in [6.45, 7) is 0. The second-order valence-corrected chi connectivity index (χ2v) is 13.3. The largest absolute Gasteiger partial charge is 0.309 e. The molecular formula is C46H29N3S. The van der Waals surface area contributed by atoms with E-state index in [1.165, 1.54) is 0 Å². The quantitative estimate of drug-likeness (QED) is 0.184. The van der Waals surface area contributed by atoms with Crippen LogP contribution in [0.3, 0.4) is 0 Å². The minimum Gasteiger partial charge on any atom is -0.309 e. The fourth-order valence-electron chi connectivity index (χ4n) is 7.02. The number of nitrogens with zero attached hydrogens (tertiary/aromatic N) is 3. The highest BCUT2D eigenvalue weighted by Crippen LogP contribution is 2.42. The van der Waals surface area contributed by atoms with Gasteiger partial charge in [0.1, 0.15) is 0 Å². The van der Waals surface area contributed by atoms with Crippen LogP contribution in [0.25, 0.3) is 92.7 Å². The summed E-state index contributed by atoms with van der Waals surface area (Å²) in [6, 6.07) is 47.8. The van der Waals surface area contributed by atoms with Crippen LogP contribution in [0.1, 0.15) is 6.85 Å². The van der Waals surface area contributed by atoms with Gasteiger partial charge >= 0.3 is 0 Å². The molecule has 7 aromatic carbocycles. The van der Waals surface area contributed by atoms with E-state index in [2.05, 4.69) is 72.8 Å². The molecule has 3 aromatic heterocycles. The predicted molar refractivity (Wildman–Crippen MR) is 211 cm³/mol. The van der Waals surface area contributed by atoms with Gasteiger partial charge in [-0.1, -0.05) is 121 Å². The molecule has 234 valence electrons. The molecular weight excluding hydrogens is 627 g/mol. The average Bonchev–Trinajstić information content (AvgIpc) is 3.78. The number of aromatic nitrogens is 3. The summed E-state index contributed by atoms with van der Waals surface area (Å²) in [5.74, 6) is 0.665. The monoisotopic (exact) mass is 660 g/mol. The van der Waals surface area contributed by atoms with Gasteiger partial charge in [0.2, 0.25) is 0 Å². The minimum absolute atomic E-state index is 0.137. The van der Waals surface area contributed by atoms with Crippen molar-refractivity contribution >= 4 is 53.3 Å². The van der Waals surface area contributed by atoms with E-state index in [-0.39, 0.29) is 29.9 Å². The zero-order valence-corrected chi connectivity index (χ0v) is 27.4. The maximum atomic E-state index is 8.76. The van der Waals surface area contributed by atoms with E-state index in [9.17, 15) is 0 Å². The minimum atomic E-state index is -0.409. The van der Waals surface area contributed by atoms with Gasteiger partial charge in [-0.05, 0) is 65.7 Å². The Morgan fingerprint density at radius 2 is 1.12 bits per heavy atom. The van der Waals surface area contributed by atoms with Gasteiger partial charge in [-0.25, -0.2) is 9.97 Å². The number of hydrogen-bond donors (Lipinski definition) is 0. The van der Waals surface area contributed by atoms with Crippen molar-refractivity contribution in [1.82, 2.24) is 14.5 Å². The van der Waals surface area contributed by atoms with Gasteiger partial charge in [-0.15, -0.1) is 11.3 Å². The van der Waals surface area contributed by atoms with Crippen molar-refractivity contribution in [3.8, 4) is 50.7 Å². The molecule has 0 bridgehead atoms. The second-order valence-electron chi connectivity index (χ2n) is 12.2. The number of thiophene rings is 1. The van der Waals surface area contributed by atoms with E-state index >= 15 is 0 Å². The molecule has 0 saturated carbocycles. The Labute approximate surface area is 300 Å². The first-order valence-corrected chi connectivity index (χ1v) is 17.2. The van der Waals surface area contributed by atoms with Gasteiger partial charge in [-0.2, -0.15) is 0 Å². The van der Waals surface area contributed by atoms with Crippen molar-refractivity contribution in [1.29, 1.82) is 0 Å². The summed E-state index contributed by atoms with van der Waals surface area (Å²) in [6.07, 6.45) is 0. The highest BCUT2D eigenvalue weighted by atomic mass is 32.1. The highest BCUT2D eigenvalue weighted by Gasteiger charge is 2.18. The van der Waals surface area contributed by atoms with Gasteiger partial charge in [0, 0.05) is 53.3 Å².